The lowest BCUT2D eigenvalue weighted by atomic mass is 10.1. The van der Waals surface area contributed by atoms with Gasteiger partial charge >= 0.3 is 0 Å². The maximum absolute atomic E-state index is 11.7. The molecule has 0 radical (unpaired) electrons. The molecule has 0 unspecified atom stereocenters. The largest absolute Gasteiger partial charge is 0.378 e. The third-order valence-electron chi connectivity index (χ3n) is 4.19. The SMILES string of the molecule is C[C@@H](N)C(=O)N1CCC(OCC2CCCC2)CC1.Cl. The molecule has 2 fully saturated rings. The number of amides is 1. The molecule has 0 aromatic rings. The molecule has 112 valence electrons. The summed E-state index contributed by atoms with van der Waals surface area (Å²) in [7, 11) is 0. The molecule has 4 nitrogen and oxygen atoms in total. The first-order chi connectivity index (χ1) is 8.66. The lowest BCUT2D eigenvalue weighted by Crippen LogP contribution is -2.47. The number of nitrogens with zero attached hydrogens (tertiary/aromatic N) is 1. The highest BCUT2D eigenvalue weighted by atomic mass is 35.5. The molecule has 5 heteroatoms. The van der Waals surface area contributed by atoms with E-state index in [1.807, 2.05) is 4.90 Å². The van der Waals surface area contributed by atoms with Crippen molar-refractivity contribution in [3.63, 3.8) is 0 Å². The second-order valence-corrected chi connectivity index (χ2v) is 5.80. The van der Waals surface area contributed by atoms with Crippen LogP contribution in [0.2, 0.25) is 0 Å². The first kappa shape index (κ1) is 16.7. The number of hydrogen-bond acceptors (Lipinski definition) is 3. The third kappa shape index (κ3) is 4.93. The van der Waals surface area contributed by atoms with Crippen molar-refractivity contribution in [1.82, 2.24) is 4.90 Å². The van der Waals surface area contributed by atoms with Crippen LogP contribution in [0.1, 0.15) is 45.4 Å². The Hall–Kier alpha value is -0.320. The van der Waals surface area contributed by atoms with E-state index in [9.17, 15) is 4.79 Å². The molecule has 1 aliphatic carbocycles. The van der Waals surface area contributed by atoms with Gasteiger partial charge in [0.25, 0.3) is 0 Å². The van der Waals surface area contributed by atoms with Crippen molar-refractivity contribution >= 4 is 18.3 Å². The van der Waals surface area contributed by atoms with Crippen molar-refractivity contribution < 1.29 is 9.53 Å². The molecule has 2 aliphatic rings. The molecular weight excluding hydrogens is 264 g/mol. The number of ether oxygens (including phenoxy) is 1. The molecule has 0 bridgehead atoms. The summed E-state index contributed by atoms with van der Waals surface area (Å²) in [6.45, 7) is 4.28. The van der Waals surface area contributed by atoms with Gasteiger partial charge in [-0.15, -0.1) is 12.4 Å². The molecule has 0 aromatic carbocycles. The number of carbonyl (C=O) groups excluding carboxylic acids is 1. The van der Waals surface area contributed by atoms with Gasteiger partial charge in [0.1, 0.15) is 0 Å². The van der Waals surface area contributed by atoms with Gasteiger partial charge in [-0.05, 0) is 38.5 Å². The number of carbonyl (C=O) groups is 1. The third-order valence-corrected chi connectivity index (χ3v) is 4.19. The molecular formula is C14H27ClN2O2. The topological polar surface area (TPSA) is 55.6 Å². The maximum Gasteiger partial charge on any atom is 0.239 e. The van der Waals surface area contributed by atoms with E-state index in [2.05, 4.69) is 0 Å². The lowest BCUT2D eigenvalue weighted by molar-refractivity contribution is -0.135. The van der Waals surface area contributed by atoms with Crippen molar-refractivity contribution in [2.45, 2.75) is 57.6 Å². The normalized spacial score (nSPS) is 23.2. The Morgan fingerprint density at radius 2 is 1.84 bits per heavy atom. The van der Waals surface area contributed by atoms with Gasteiger partial charge < -0.3 is 15.4 Å². The fourth-order valence-corrected chi connectivity index (χ4v) is 2.98. The molecule has 1 saturated carbocycles. The van der Waals surface area contributed by atoms with E-state index in [0.717, 1.165) is 38.5 Å². The molecule has 2 rings (SSSR count). The first-order valence-corrected chi connectivity index (χ1v) is 7.33. The van der Waals surface area contributed by atoms with Gasteiger partial charge in [0.05, 0.1) is 12.1 Å². The zero-order valence-corrected chi connectivity index (χ0v) is 12.7. The zero-order valence-electron chi connectivity index (χ0n) is 11.8. The number of nitrogens with two attached hydrogens (primary N) is 1. The Morgan fingerprint density at radius 1 is 1.26 bits per heavy atom. The highest BCUT2D eigenvalue weighted by Gasteiger charge is 2.25. The van der Waals surface area contributed by atoms with Crippen LogP contribution in [0.5, 0.6) is 0 Å². The number of hydrogen-bond donors (Lipinski definition) is 1. The molecule has 2 N–H and O–H groups in total. The quantitative estimate of drug-likeness (QED) is 0.861. The fourth-order valence-electron chi connectivity index (χ4n) is 2.98. The average Bonchev–Trinajstić information content (AvgIpc) is 2.89. The Labute approximate surface area is 122 Å². The van der Waals surface area contributed by atoms with Crippen LogP contribution in [0, 0.1) is 5.92 Å². The van der Waals surface area contributed by atoms with E-state index < -0.39 is 0 Å². The zero-order chi connectivity index (χ0) is 13.0. The Kier molecular flexibility index (Phi) is 7.11. The molecule has 19 heavy (non-hydrogen) atoms. The van der Waals surface area contributed by atoms with Gasteiger partial charge in [0.15, 0.2) is 0 Å². The van der Waals surface area contributed by atoms with Crippen molar-refractivity contribution in [2.24, 2.45) is 11.7 Å². The monoisotopic (exact) mass is 290 g/mol. The van der Waals surface area contributed by atoms with Crippen LogP contribution in [0.3, 0.4) is 0 Å². The van der Waals surface area contributed by atoms with Crippen LogP contribution in [0.15, 0.2) is 0 Å². The van der Waals surface area contributed by atoms with Crippen LogP contribution in [-0.4, -0.2) is 42.6 Å². The van der Waals surface area contributed by atoms with Crippen LogP contribution < -0.4 is 5.73 Å². The number of rotatable bonds is 4. The predicted octanol–water partition coefficient (Wildman–Crippen LogP) is 1.95. The summed E-state index contributed by atoms with van der Waals surface area (Å²) in [5.74, 6) is 0.859. The Morgan fingerprint density at radius 3 is 2.37 bits per heavy atom. The average molecular weight is 291 g/mol. The smallest absolute Gasteiger partial charge is 0.239 e. The molecule has 1 atom stereocenters. The first-order valence-electron chi connectivity index (χ1n) is 7.33. The van der Waals surface area contributed by atoms with Crippen LogP contribution in [0.25, 0.3) is 0 Å². The molecule has 1 saturated heterocycles. The molecule has 1 amide bonds. The molecule has 0 spiro atoms. The van der Waals surface area contributed by atoms with Gasteiger partial charge in [0.2, 0.25) is 5.91 Å². The summed E-state index contributed by atoms with van der Waals surface area (Å²) < 4.78 is 5.99. The van der Waals surface area contributed by atoms with Gasteiger partial charge in [-0.25, -0.2) is 0 Å². The summed E-state index contributed by atoms with van der Waals surface area (Å²) in [5.41, 5.74) is 5.62. The second-order valence-electron chi connectivity index (χ2n) is 5.80. The van der Waals surface area contributed by atoms with Crippen LogP contribution in [-0.2, 0) is 9.53 Å². The lowest BCUT2D eigenvalue weighted by Gasteiger charge is -2.33. The van der Waals surface area contributed by atoms with Crippen LogP contribution in [0.4, 0.5) is 0 Å². The Balaban J connectivity index is 0.00000180. The minimum atomic E-state index is -0.374. The van der Waals surface area contributed by atoms with Crippen molar-refractivity contribution in [3.8, 4) is 0 Å². The number of halogens is 1. The van der Waals surface area contributed by atoms with Crippen LogP contribution >= 0.6 is 12.4 Å². The Bertz CT molecular complexity index is 273. The van der Waals surface area contributed by atoms with Crippen molar-refractivity contribution in [3.05, 3.63) is 0 Å². The van der Waals surface area contributed by atoms with Gasteiger partial charge in [-0.2, -0.15) is 0 Å². The summed E-state index contributed by atoms with van der Waals surface area (Å²) in [5, 5.41) is 0. The molecule has 1 aliphatic heterocycles. The number of likely N-dealkylation sites (tertiary alicyclic amines) is 1. The van der Waals surface area contributed by atoms with E-state index in [1.165, 1.54) is 25.7 Å². The minimum Gasteiger partial charge on any atom is -0.378 e. The standard InChI is InChI=1S/C14H26N2O2.ClH/c1-11(15)14(17)16-8-6-13(7-9-16)18-10-12-4-2-3-5-12;/h11-13H,2-10,15H2,1H3;1H/t11-;/m1./s1. The predicted molar refractivity (Wildman–Crippen MR) is 78.4 cm³/mol. The second kappa shape index (κ2) is 8.08. The van der Waals surface area contributed by atoms with E-state index in [4.69, 9.17) is 10.5 Å². The van der Waals surface area contributed by atoms with E-state index in [0.29, 0.717) is 6.10 Å². The summed E-state index contributed by atoms with van der Waals surface area (Å²) in [6, 6.07) is -0.374. The highest BCUT2D eigenvalue weighted by Crippen LogP contribution is 2.26. The minimum absolute atomic E-state index is 0. The van der Waals surface area contributed by atoms with Gasteiger partial charge in [0, 0.05) is 19.7 Å². The van der Waals surface area contributed by atoms with E-state index in [-0.39, 0.29) is 24.4 Å². The van der Waals surface area contributed by atoms with Crippen molar-refractivity contribution in [1.29, 1.82) is 0 Å². The summed E-state index contributed by atoms with van der Waals surface area (Å²) in [4.78, 5) is 13.6. The summed E-state index contributed by atoms with van der Waals surface area (Å²) >= 11 is 0. The van der Waals surface area contributed by atoms with E-state index in [1.54, 1.807) is 6.92 Å². The highest BCUT2D eigenvalue weighted by molar-refractivity contribution is 5.85. The summed E-state index contributed by atoms with van der Waals surface area (Å²) in [6.07, 6.45) is 7.69. The fraction of sp³-hybridized carbons (Fsp3) is 0.929. The molecule has 0 aromatic heterocycles. The number of piperidine rings is 1. The van der Waals surface area contributed by atoms with E-state index >= 15 is 0 Å². The van der Waals surface area contributed by atoms with Gasteiger partial charge in [-0.3, -0.25) is 4.79 Å². The van der Waals surface area contributed by atoms with Gasteiger partial charge in [-0.1, -0.05) is 12.8 Å². The van der Waals surface area contributed by atoms with Crippen molar-refractivity contribution in [2.75, 3.05) is 19.7 Å². The maximum atomic E-state index is 11.7. The molecule has 1 heterocycles.